The van der Waals surface area contributed by atoms with E-state index in [2.05, 4.69) is 10.6 Å². The number of halogens is 1. The van der Waals surface area contributed by atoms with Crippen LogP contribution in [0.15, 0.2) is 24.3 Å². The highest BCUT2D eigenvalue weighted by atomic mass is 19.1. The van der Waals surface area contributed by atoms with Crippen molar-refractivity contribution >= 4 is 11.8 Å². The predicted molar refractivity (Wildman–Crippen MR) is 62.2 cm³/mol. The van der Waals surface area contributed by atoms with Gasteiger partial charge in [0, 0.05) is 19.4 Å². The first-order chi connectivity index (χ1) is 8.61. The number of imide groups is 1. The summed E-state index contributed by atoms with van der Waals surface area (Å²) in [5, 5.41) is 5.12. The molecular weight excluding hydrogens is 235 g/mol. The zero-order valence-corrected chi connectivity index (χ0v) is 9.70. The van der Waals surface area contributed by atoms with E-state index in [0.29, 0.717) is 6.54 Å². The average molecular weight is 248 g/mol. The number of hydrogen-bond donors (Lipinski definition) is 2. The Labute approximate surface area is 104 Å². The number of nitrogens with one attached hydrogen (secondary N) is 2. The Morgan fingerprint density at radius 3 is 2.83 bits per heavy atom. The maximum atomic E-state index is 14.9. The second-order valence-corrected chi connectivity index (χ2v) is 4.75. The van der Waals surface area contributed by atoms with Crippen molar-refractivity contribution in [2.24, 2.45) is 0 Å². The number of amides is 2. The number of rotatable bonds is 1. The lowest BCUT2D eigenvalue weighted by molar-refractivity contribution is -0.145. The molecule has 4 nitrogen and oxygen atoms in total. The minimum Gasteiger partial charge on any atom is -0.303 e. The van der Waals surface area contributed by atoms with Gasteiger partial charge in [-0.25, -0.2) is 4.39 Å². The lowest BCUT2D eigenvalue weighted by Gasteiger charge is -2.33. The Morgan fingerprint density at radius 1 is 1.28 bits per heavy atom. The van der Waals surface area contributed by atoms with Crippen molar-refractivity contribution in [1.29, 1.82) is 0 Å². The number of carbonyl (C=O) groups is 2. The molecule has 2 heterocycles. The fourth-order valence-electron chi connectivity index (χ4n) is 2.68. The van der Waals surface area contributed by atoms with Gasteiger partial charge in [0.05, 0.1) is 6.04 Å². The van der Waals surface area contributed by atoms with Crippen LogP contribution < -0.4 is 10.6 Å². The fraction of sp³-hybridized carbons (Fsp3) is 0.385. The van der Waals surface area contributed by atoms with Crippen LogP contribution in [-0.4, -0.2) is 17.5 Å². The van der Waals surface area contributed by atoms with Crippen LogP contribution in [-0.2, 0) is 16.1 Å². The zero-order chi connectivity index (χ0) is 12.8. The second kappa shape index (κ2) is 3.88. The van der Waals surface area contributed by atoms with Crippen molar-refractivity contribution in [3.05, 3.63) is 35.4 Å². The summed E-state index contributed by atoms with van der Waals surface area (Å²) in [6, 6.07) is 6.79. The largest absolute Gasteiger partial charge is 0.303 e. The molecule has 0 aliphatic carbocycles. The molecule has 1 aromatic carbocycles. The molecule has 0 aromatic heterocycles. The first kappa shape index (κ1) is 11.3. The molecule has 1 saturated heterocycles. The molecule has 0 bridgehead atoms. The summed E-state index contributed by atoms with van der Waals surface area (Å²) in [6.45, 7) is 0.549. The highest BCUT2D eigenvalue weighted by molar-refractivity contribution is 6.02. The Hall–Kier alpha value is -1.75. The lowest BCUT2D eigenvalue weighted by Crippen LogP contribution is -2.55. The van der Waals surface area contributed by atoms with E-state index in [9.17, 15) is 14.0 Å². The smallest absolute Gasteiger partial charge is 0.266 e. The van der Waals surface area contributed by atoms with E-state index in [0.717, 1.165) is 11.1 Å². The second-order valence-electron chi connectivity index (χ2n) is 4.75. The lowest BCUT2D eigenvalue weighted by atomic mass is 9.84. The van der Waals surface area contributed by atoms with Gasteiger partial charge in [-0.15, -0.1) is 0 Å². The molecule has 2 aliphatic heterocycles. The van der Waals surface area contributed by atoms with Crippen LogP contribution in [0.3, 0.4) is 0 Å². The molecule has 1 aromatic rings. The summed E-state index contributed by atoms with van der Waals surface area (Å²) < 4.78 is 14.9. The van der Waals surface area contributed by atoms with Gasteiger partial charge >= 0.3 is 0 Å². The number of fused-ring (bicyclic) bond motifs is 1. The van der Waals surface area contributed by atoms with E-state index >= 15 is 0 Å². The number of piperidine rings is 1. The number of carbonyl (C=O) groups excluding carboxylic acids is 2. The number of alkyl halides is 1. The maximum Gasteiger partial charge on any atom is 0.266 e. The first-order valence-electron chi connectivity index (χ1n) is 5.95. The van der Waals surface area contributed by atoms with E-state index in [1.165, 1.54) is 0 Å². The summed E-state index contributed by atoms with van der Waals surface area (Å²) in [4.78, 5) is 22.9. The van der Waals surface area contributed by atoms with Gasteiger partial charge in [0.1, 0.15) is 0 Å². The van der Waals surface area contributed by atoms with E-state index in [1.807, 2.05) is 24.3 Å². The summed E-state index contributed by atoms with van der Waals surface area (Å²) in [5.74, 6) is -1.23. The van der Waals surface area contributed by atoms with Gasteiger partial charge in [0.15, 0.2) is 0 Å². The van der Waals surface area contributed by atoms with Crippen molar-refractivity contribution < 1.29 is 14.0 Å². The van der Waals surface area contributed by atoms with Crippen molar-refractivity contribution in [3.8, 4) is 0 Å². The zero-order valence-electron chi connectivity index (χ0n) is 9.70. The standard InChI is InChI=1S/C13H13FN2O2/c14-13(6-5-10(17)16-12(13)18)11-9-4-2-1-3-8(9)7-15-11/h1-4,11,15H,5-7H2,(H,16,17,18). The third kappa shape index (κ3) is 1.54. The Bertz CT molecular complexity index is 531. The van der Waals surface area contributed by atoms with Gasteiger partial charge in [-0.3, -0.25) is 14.9 Å². The SMILES string of the molecule is O=C1CCC(F)(C2NCc3ccccc32)C(=O)N1. The normalized spacial score (nSPS) is 31.1. The van der Waals surface area contributed by atoms with Crippen LogP contribution in [0.4, 0.5) is 4.39 Å². The van der Waals surface area contributed by atoms with E-state index in [4.69, 9.17) is 0 Å². The van der Waals surface area contributed by atoms with E-state index < -0.39 is 23.5 Å². The number of benzene rings is 1. The third-order valence-corrected chi connectivity index (χ3v) is 3.67. The minimum atomic E-state index is -2.04. The molecule has 2 atom stereocenters. The van der Waals surface area contributed by atoms with Gasteiger partial charge in [-0.1, -0.05) is 24.3 Å². The van der Waals surface area contributed by atoms with Crippen LogP contribution in [0.2, 0.25) is 0 Å². The molecule has 2 aliphatic rings. The Kier molecular flexibility index (Phi) is 2.45. The molecular formula is C13H13FN2O2. The van der Waals surface area contributed by atoms with Crippen molar-refractivity contribution in [3.63, 3.8) is 0 Å². The predicted octanol–water partition coefficient (Wildman–Crippen LogP) is 0.976. The molecule has 5 heteroatoms. The van der Waals surface area contributed by atoms with Crippen LogP contribution in [0.1, 0.15) is 30.0 Å². The van der Waals surface area contributed by atoms with Gasteiger partial charge in [0.2, 0.25) is 11.6 Å². The molecule has 2 amide bonds. The van der Waals surface area contributed by atoms with Crippen molar-refractivity contribution in [1.82, 2.24) is 10.6 Å². The monoisotopic (exact) mass is 248 g/mol. The van der Waals surface area contributed by atoms with E-state index in [1.54, 1.807) is 0 Å². The summed E-state index contributed by atoms with van der Waals surface area (Å²) >= 11 is 0. The van der Waals surface area contributed by atoms with Gasteiger partial charge in [0.25, 0.3) is 5.91 Å². The Balaban J connectivity index is 1.96. The highest BCUT2D eigenvalue weighted by Gasteiger charge is 2.51. The van der Waals surface area contributed by atoms with Crippen LogP contribution >= 0.6 is 0 Å². The van der Waals surface area contributed by atoms with Crippen molar-refractivity contribution in [2.75, 3.05) is 0 Å². The van der Waals surface area contributed by atoms with Crippen LogP contribution in [0.25, 0.3) is 0 Å². The van der Waals surface area contributed by atoms with Gasteiger partial charge in [-0.2, -0.15) is 0 Å². The van der Waals surface area contributed by atoms with Gasteiger partial charge < -0.3 is 5.32 Å². The number of hydrogen-bond acceptors (Lipinski definition) is 3. The minimum absolute atomic E-state index is 0.0442. The van der Waals surface area contributed by atoms with Gasteiger partial charge in [-0.05, 0) is 11.1 Å². The Morgan fingerprint density at radius 2 is 2.06 bits per heavy atom. The molecule has 2 unspecified atom stereocenters. The molecule has 94 valence electrons. The summed E-state index contributed by atoms with van der Waals surface area (Å²) in [7, 11) is 0. The molecule has 0 spiro atoms. The molecule has 1 fully saturated rings. The molecule has 3 rings (SSSR count). The molecule has 0 radical (unpaired) electrons. The fourth-order valence-corrected chi connectivity index (χ4v) is 2.68. The van der Waals surface area contributed by atoms with Crippen molar-refractivity contribution in [2.45, 2.75) is 31.1 Å². The molecule has 18 heavy (non-hydrogen) atoms. The third-order valence-electron chi connectivity index (χ3n) is 3.67. The molecule has 0 saturated carbocycles. The topological polar surface area (TPSA) is 58.2 Å². The van der Waals surface area contributed by atoms with Crippen LogP contribution in [0.5, 0.6) is 0 Å². The average Bonchev–Trinajstić information content (AvgIpc) is 2.79. The van der Waals surface area contributed by atoms with Crippen LogP contribution in [0, 0.1) is 0 Å². The summed E-state index contributed by atoms with van der Waals surface area (Å²) in [6.07, 6.45) is -0.0216. The summed E-state index contributed by atoms with van der Waals surface area (Å²) in [5.41, 5.74) is -0.228. The maximum absolute atomic E-state index is 14.9. The highest BCUT2D eigenvalue weighted by Crippen LogP contribution is 2.40. The quantitative estimate of drug-likeness (QED) is 0.728. The van der Waals surface area contributed by atoms with E-state index in [-0.39, 0.29) is 12.8 Å². The molecule has 2 N–H and O–H groups in total. The first-order valence-corrected chi connectivity index (χ1v) is 5.95.